The minimum Gasteiger partial charge on any atom is -0.316 e. The summed E-state index contributed by atoms with van der Waals surface area (Å²) in [7, 11) is 1.98. The number of rotatable bonds is 5. The van der Waals surface area contributed by atoms with E-state index >= 15 is 0 Å². The van der Waals surface area contributed by atoms with Gasteiger partial charge < -0.3 is 5.32 Å². The van der Waals surface area contributed by atoms with Gasteiger partial charge in [-0.2, -0.15) is 0 Å². The highest BCUT2D eigenvalue weighted by atomic mass is 14.8. The predicted octanol–water partition coefficient (Wildman–Crippen LogP) is 3.94. The fraction of sp³-hybridized carbons (Fsp3) is 0.294. The molecule has 0 aliphatic rings. The molecule has 0 unspecified atom stereocenters. The van der Waals surface area contributed by atoms with Gasteiger partial charge in [-0.25, -0.2) is 0 Å². The molecule has 0 radical (unpaired) electrons. The van der Waals surface area contributed by atoms with E-state index in [2.05, 4.69) is 60.8 Å². The first-order valence-corrected chi connectivity index (χ1v) is 6.57. The zero-order valence-corrected chi connectivity index (χ0v) is 11.2. The van der Waals surface area contributed by atoms with E-state index in [0.717, 1.165) is 19.4 Å². The molecule has 0 heterocycles. The molecule has 0 saturated heterocycles. The van der Waals surface area contributed by atoms with Crippen LogP contribution in [0.25, 0.3) is 10.8 Å². The Balaban J connectivity index is 2.04. The van der Waals surface area contributed by atoms with Crippen LogP contribution in [0.2, 0.25) is 0 Å². The summed E-state index contributed by atoms with van der Waals surface area (Å²) in [5, 5.41) is 5.81. The molecule has 0 bridgehead atoms. The van der Waals surface area contributed by atoms with E-state index in [0.29, 0.717) is 0 Å². The van der Waals surface area contributed by atoms with Crippen molar-refractivity contribution in [1.82, 2.24) is 5.32 Å². The molecular formula is C17H21N. The molecule has 0 spiro atoms. The van der Waals surface area contributed by atoms with Gasteiger partial charge in [-0.15, -0.1) is 0 Å². The van der Waals surface area contributed by atoms with Crippen molar-refractivity contribution in [3.63, 3.8) is 0 Å². The van der Waals surface area contributed by atoms with E-state index in [4.69, 9.17) is 0 Å². The van der Waals surface area contributed by atoms with Crippen molar-refractivity contribution >= 4 is 10.8 Å². The molecule has 0 fully saturated rings. The van der Waals surface area contributed by atoms with E-state index in [9.17, 15) is 0 Å². The Morgan fingerprint density at radius 3 is 2.67 bits per heavy atom. The molecule has 0 amide bonds. The maximum Gasteiger partial charge on any atom is 0.0134 e. The molecule has 1 N–H and O–H groups in total. The maximum atomic E-state index is 3.14. The SMILES string of the molecule is CNCC=C(C)CCc1ccc2ccccc2c1. The Labute approximate surface area is 110 Å². The van der Waals surface area contributed by atoms with Gasteiger partial charge in [0.25, 0.3) is 0 Å². The van der Waals surface area contributed by atoms with Crippen LogP contribution in [0.5, 0.6) is 0 Å². The monoisotopic (exact) mass is 239 g/mol. The van der Waals surface area contributed by atoms with Crippen LogP contribution in [0.3, 0.4) is 0 Å². The van der Waals surface area contributed by atoms with Crippen LogP contribution in [0, 0.1) is 0 Å². The zero-order chi connectivity index (χ0) is 12.8. The van der Waals surface area contributed by atoms with Gasteiger partial charge in [-0.3, -0.25) is 0 Å². The minimum atomic E-state index is 0.962. The van der Waals surface area contributed by atoms with Gasteiger partial charge in [0.05, 0.1) is 0 Å². The first-order valence-electron chi connectivity index (χ1n) is 6.57. The van der Waals surface area contributed by atoms with Gasteiger partial charge in [0.1, 0.15) is 0 Å². The van der Waals surface area contributed by atoms with E-state index < -0.39 is 0 Å². The van der Waals surface area contributed by atoms with Gasteiger partial charge in [-0.1, -0.05) is 54.1 Å². The van der Waals surface area contributed by atoms with Crippen LogP contribution in [0.15, 0.2) is 54.1 Å². The third kappa shape index (κ3) is 3.44. The van der Waals surface area contributed by atoms with Gasteiger partial charge in [0.2, 0.25) is 0 Å². The average molecular weight is 239 g/mol. The Morgan fingerprint density at radius 2 is 1.89 bits per heavy atom. The van der Waals surface area contributed by atoms with Crippen molar-refractivity contribution in [1.29, 1.82) is 0 Å². The normalized spacial score (nSPS) is 12.0. The standard InChI is InChI=1S/C17H21N/c1-14(11-12-18-2)7-8-15-9-10-16-5-3-4-6-17(16)13-15/h3-6,9-11,13,18H,7-8,12H2,1-2H3. The second-order valence-electron chi connectivity index (χ2n) is 4.79. The Morgan fingerprint density at radius 1 is 1.11 bits per heavy atom. The van der Waals surface area contributed by atoms with Crippen molar-refractivity contribution in [3.8, 4) is 0 Å². The second-order valence-corrected chi connectivity index (χ2v) is 4.79. The van der Waals surface area contributed by atoms with Crippen LogP contribution in [-0.4, -0.2) is 13.6 Å². The minimum absolute atomic E-state index is 0.962. The van der Waals surface area contributed by atoms with Crippen molar-refractivity contribution in [3.05, 3.63) is 59.7 Å². The van der Waals surface area contributed by atoms with Gasteiger partial charge in [0, 0.05) is 6.54 Å². The number of hydrogen-bond acceptors (Lipinski definition) is 1. The summed E-state index contributed by atoms with van der Waals surface area (Å²) in [5.41, 5.74) is 2.88. The molecule has 18 heavy (non-hydrogen) atoms. The van der Waals surface area contributed by atoms with E-state index in [1.54, 1.807) is 0 Å². The fourth-order valence-electron chi connectivity index (χ4n) is 2.11. The Kier molecular flexibility index (Phi) is 4.54. The summed E-state index contributed by atoms with van der Waals surface area (Å²) in [4.78, 5) is 0. The van der Waals surface area contributed by atoms with Crippen LogP contribution in [-0.2, 0) is 6.42 Å². The highest BCUT2D eigenvalue weighted by Gasteiger charge is 1.97. The average Bonchev–Trinajstić information content (AvgIpc) is 2.42. The van der Waals surface area contributed by atoms with Crippen molar-refractivity contribution in [2.75, 3.05) is 13.6 Å². The molecule has 1 nitrogen and oxygen atoms in total. The lowest BCUT2D eigenvalue weighted by Crippen LogP contribution is -2.05. The van der Waals surface area contributed by atoms with Crippen LogP contribution in [0.1, 0.15) is 18.9 Å². The lowest BCUT2D eigenvalue weighted by molar-refractivity contribution is 0.883. The smallest absolute Gasteiger partial charge is 0.0134 e. The Bertz CT molecular complexity index is 540. The molecular weight excluding hydrogens is 218 g/mol. The van der Waals surface area contributed by atoms with Crippen LogP contribution in [0.4, 0.5) is 0 Å². The largest absolute Gasteiger partial charge is 0.316 e. The van der Waals surface area contributed by atoms with Crippen LogP contribution < -0.4 is 5.32 Å². The molecule has 0 aliphatic heterocycles. The summed E-state index contributed by atoms with van der Waals surface area (Å²) in [6.07, 6.45) is 4.53. The third-order valence-corrected chi connectivity index (χ3v) is 3.28. The summed E-state index contributed by atoms with van der Waals surface area (Å²) < 4.78 is 0. The number of allylic oxidation sites excluding steroid dienone is 1. The number of aryl methyl sites for hydroxylation is 1. The molecule has 2 rings (SSSR count). The number of fused-ring (bicyclic) bond motifs is 1. The number of benzene rings is 2. The fourth-order valence-corrected chi connectivity index (χ4v) is 2.11. The molecule has 0 aliphatic carbocycles. The van der Waals surface area contributed by atoms with E-state index in [1.807, 2.05) is 7.05 Å². The Hall–Kier alpha value is -1.60. The van der Waals surface area contributed by atoms with E-state index in [1.165, 1.54) is 21.9 Å². The number of nitrogens with one attached hydrogen (secondary N) is 1. The maximum absolute atomic E-state index is 3.14. The first-order chi connectivity index (χ1) is 8.79. The number of hydrogen-bond donors (Lipinski definition) is 1. The summed E-state index contributed by atoms with van der Waals surface area (Å²) in [6, 6.07) is 15.3. The highest BCUT2D eigenvalue weighted by molar-refractivity contribution is 5.82. The molecule has 94 valence electrons. The van der Waals surface area contributed by atoms with Crippen molar-refractivity contribution < 1.29 is 0 Å². The van der Waals surface area contributed by atoms with Gasteiger partial charge in [0.15, 0.2) is 0 Å². The number of likely N-dealkylation sites (N-methyl/N-ethyl adjacent to an activating group) is 1. The summed E-state index contributed by atoms with van der Waals surface area (Å²) in [6.45, 7) is 3.17. The molecule has 0 saturated carbocycles. The summed E-state index contributed by atoms with van der Waals surface area (Å²) >= 11 is 0. The highest BCUT2D eigenvalue weighted by Crippen LogP contribution is 2.17. The van der Waals surface area contributed by atoms with Crippen molar-refractivity contribution in [2.45, 2.75) is 19.8 Å². The van der Waals surface area contributed by atoms with Gasteiger partial charge >= 0.3 is 0 Å². The second kappa shape index (κ2) is 6.36. The quantitative estimate of drug-likeness (QED) is 0.779. The van der Waals surface area contributed by atoms with Crippen LogP contribution >= 0.6 is 0 Å². The lowest BCUT2D eigenvalue weighted by atomic mass is 10.0. The van der Waals surface area contributed by atoms with Gasteiger partial charge in [-0.05, 0) is 43.1 Å². The van der Waals surface area contributed by atoms with Crippen molar-refractivity contribution in [2.24, 2.45) is 0 Å². The first kappa shape index (κ1) is 12.8. The van der Waals surface area contributed by atoms with E-state index in [-0.39, 0.29) is 0 Å². The molecule has 2 aromatic rings. The topological polar surface area (TPSA) is 12.0 Å². The molecule has 0 atom stereocenters. The molecule has 1 heteroatoms. The third-order valence-electron chi connectivity index (χ3n) is 3.28. The summed E-state index contributed by atoms with van der Waals surface area (Å²) in [5.74, 6) is 0. The molecule has 0 aromatic heterocycles. The molecule has 2 aromatic carbocycles. The zero-order valence-electron chi connectivity index (χ0n) is 11.2. The predicted molar refractivity (Wildman–Crippen MR) is 80.0 cm³/mol. The lowest BCUT2D eigenvalue weighted by Gasteiger charge is -2.05.